The van der Waals surface area contributed by atoms with Crippen LogP contribution >= 0.6 is 0 Å². The number of hydrogen-bond acceptors (Lipinski definition) is 1. The molecule has 1 saturated heterocycles. The van der Waals surface area contributed by atoms with Crippen LogP contribution in [0, 0.1) is 5.92 Å². The Morgan fingerprint density at radius 2 is 1.44 bits per heavy atom. The van der Waals surface area contributed by atoms with E-state index >= 15 is 0 Å². The zero-order chi connectivity index (χ0) is 11.9. The number of aromatic nitrogens is 1. The maximum atomic E-state index is 3.36. The fourth-order valence-corrected chi connectivity index (χ4v) is 2.94. The minimum atomic E-state index is 0.782. The van der Waals surface area contributed by atoms with Crippen LogP contribution in [-0.4, -0.2) is 17.7 Å². The van der Waals surface area contributed by atoms with Gasteiger partial charge < -0.3 is 9.88 Å². The zero-order valence-electron chi connectivity index (χ0n) is 10.3. The van der Waals surface area contributed by atoms with E-state index in [2.05, 4.69) is 58.4 Å². The number of para-hydroxylation sites is 2. The van der Waals surface area contributed by atoms with Gasteiger partial charge in [-0.3, -0.25) is 0 Å². The minimum absolute atomic E-state index is 0.782. The molecule has 0 aliphatic carbocycles. The van der Waals surface area contributed by atoms with Gasteiger partial charge in [-0.05, 0) is 12.1 Å². The molecule has 0 atom stereocenters. The number of nitrogens with zero attached hydrogens (tertiary/aromatic N) is 1. The molecule has 1 aliphatic heterocycles. The molecule has 90 valence electrons. The Balaban J connectivity index is 2.00. The van der Waals surface area contributed by atoms with Crippen molar-refractivity contribution in [2.75, 3.05) is 13.1 Å². The van der Waals surface area contributed by atoms with Crippen molar-refractivity contribution in [1.29, 1.82) is 0 Å². The Bertz CT molecular complexity index is 654. The molecule has 1 aromatic heterocycles. The van der Waals surface area contributed by atoms with Crippen molar-refractivity contribution >= 4 is 21.8 Å². The lowest BCUT2D eigenvalue weighted by Gasteiger charge is -2.28. The summed E-state index contributed by atoms with van der Waals surface area (Å²) in [6.07, 6.45) is 0. The summed E-state index contributed by atoms with van der Waals surface area (Å²) < 4.78 is 2.48. The Hall–Kier alpha value is -1.80. The zero-order valence-corrected chi connectivity index (χ0v) is 10.3. The molecule has 3 aromatic rings. The number of rotatable bonds is 2. The maximum Gasteiger partial charge on any atom is 0.0491 e. The van der Waals surface area contributed by atoms with E-state index in [0.29, 0.717) is 0 Å². The quantitative estimate of drug-likeness (QED) is 0.723. The molecule has 0 spiro atoms. The molecule has 4 rings (SSSR count). The van der Waals surface area contributed by atoms with Crippen LogP contribution < -0.4 is 5.32 Å². The first kappa shape index (κ1) is 10.2. The Labute approximate surface area is 106 Å². The van der Waals surface area contributed by atoms with Crippen LogP contribution in [0.1, 0.15) is 0 Å². The van der Waals surface area contributed by atoms with Gasteiger partial charge in [0.1, 0.15) is 0 Å². The largest absolute Gasteiger partial charge is 0.340 e. The molecule has 2 heteroatoms. The molecular weight excluding hydrogens is 220 g/mol. The van der Waals surface area contributed by atoms with Gasteiger partial charge in [-0.25, -0.2) is 0 Å². The van der Waals surface area contributed by atoms with E-state index in [9.17, 15) is 0 Å². The second kappa shape index (κ2) is 3.85. The fraction of sp³-hybridized carbons (Fsp3) is 0.250. The molecule has 1 fully saturated rings. The van der Waals surface area contributed by atoms with Gasteiger partial charge >= 0.3 is 0 Å². The van der Waals surface area contributed by atoms with Crippen molar-refractivity contribution in [2.24, 2.45) is 5.92 Å². The lowest BCUT2D eigenvalue weighted by atomic mass is 10.0. The monoisotopic (exact) mass is 236 g/mol. The number of fused-ring (bicyclic) bond motifs is 3. The highest BCUT2D eigenvalue weighted by Crippen LogP contribution is 2.29. The number of benzene rings is 2. The van der Waals surface area contributed by atoms with Gasteiger partial charge in [0.05, 0.1) is 0 Å². The summed E-state index contributed by atoms with van der Waals surface area (Å²) in [5.41, 5.74) is 2.73. The third kappa shape index (κ3) is 1.39. The second-order valence-corrected chi connectivity index (χ2v) is 5.17. The summed E-state index contributed by atoms with van der Waals surface area (Å²) in [5.74, 6) is 0.782. The van der Waals surface area contributed by atoms with Crippen molar-refractivity contribution < 1.29 is 0 Å². The first-order valence-electron chi connectivity index (χ1n) is 6.60. The maximum absolute atomic E-state index is 3.36. The predicted octanol–water partition coefficient (Wildman–Crippen LogP) is 3.01. The molecule has 0 bridgehead atoms. The summed E-state index contributed by atoms with van der Waals surface area (Å²) >= 11 is 0. The van der Waals surface area contributed by atoms with E-state index in [1.165, 1.54) is 21.8 Å². The van der Waals surface area contributed by atoms with Crippen molar-refractivity contribution in [3.8, 4) is 0 Å². The minimum Gasteiger partial charge on any atom is -0.340 e. The van der Waals surface area contributed by atoms with E-state index < -0.39 is 0 Å². The van der Waals surface area contributed by atoms with Crippen LogP contribution in [0.3, 0.4) is 0 Å². The van der Waals surface area contributed by atoms with Crippen LogP contribution in [0.25, 0.3) is 21.8 Å². The van der Waals surface area contributed by atoms with Gasteiger partial charge in [0, 0.05) is 47.4 Å². The van der Waals surface area contributed by atoms with Crippen LogP contribution in [0.4, 0.5) is 0 Å². The summed E-state index contributed by atoms with van der Waals surface area (Å²) in [6, 6.07) is 17.5. The number of nitrogens with one attached hydrogen (secondary N) is 1. The normalized spacial score (nSPS) is 16.2. The van der Waals surface area contributed by atoms with Crippen molar-refractivity contribution in [3.05, 3.63) is 48.5 Å². The van der Waals surface area contributed by atoms with Gasteiger partial charge in [-0.15, -0.1) is 0 Å². The van der Waals surface area contributed by atoms with E-state index in [1.54, 1.807) is 0 Å². The van der Waals surface area contributed by atoms with E-state index in [0.717, 1.165) is 25.6 Å². The molecule has 1 aliphatic rings. The Kier molecular flexibility index (Phi) is 2.17. The smallest absolute Gasteiger partial charge is 0.0491 e. The Morgan fingerprint density at radius 3 is 1.94 bits per heavy atom. The average molecular weight is 236 g/mol. The van der Waals surface area contributed by atoms with Gasteiger partial charge in [-0.1, -0.05) is 36.4 Å². The lowest BCUT2D eigenvalue weighted by molar-refractivity contribution is 0.313. The summed E-state index contributed by atoms with van der Waals surface area (Å²) in [4.78, 5) is 0. The van der Waals surface area contributed by atoms with Crippen molar-refractivity contribution in [1.82, 2.24) is 9.88 Å². The first-order chi connectivity index (χ1) is 8.93. The molecule has 2 heterocycles. The molecular formula is C16H16N2. The topological polar surface area (TPSA) is 17.0 Å². The first-order valence-corrected chi connectivity index (χ1v) is 6.60. The molecule has 0 saturated carbocycles. The second-order valence-electron chi connectivity index (χ2n) is 5.17. The van der Waals surface area contributed by atoms with E-state index in [4.69, 9.17) is 0 Å². The lowest BCUT2D eigenvalue weighted by Crippen LogP contribution is -2.44. The molecule has 1 N–H and O–H groups in total. The SMILES string of the molecule is c1ccc2c(c1)c1ccccc1n2CC1CNC1. The summed E-state index contributed by atoms with van der Waals surface area (Å²) in [7, 11) is 0. The molecule has 0 amide bonds. The van der Waals surface area contributed by atoms with Crippen LogP contribution in [-0.2, 0) is 6.54 Å². The highest BCUT2D eigenvalue weighted by molar-refractivity contribution is 6.07. The van der Waals surface area contributed by atoms with Crippen molar-refractivity contribution in [2.45, 2.75) is 6.54 Å². The third-order valence-corrected chi connectivity index (χ3v) is 3.99. The average Bonchev–Trinajstić information content (AvgIpc) is 2.69. The van der Waals surface area contributed by atoms with E-state index in [1.807, 2.05) is 0 Å². The molecule has 0 unspecified atom stereocenters. The number of hydrogen-bond donors (Lipinski definition) is 1. The van der Waals surface area contributed by atoms with Crippen LogP contribution in [0.2, 0.25) is 0 Å². The summed E-state index contributed by atoms with van der Waals surface area (Å²) in [5, 5.41) is 6.11. The third-order valence-electron chi connectivity index (χ3n) is 3.99. The van der Waals surface area contributed by atoms with Crippen molar-refractivity contribution in [3.63, 3.8) is 0 Å². The molecule has 0 radical (unpaired) electrons. The molecule has 2 aromatic carbocycles. The van der Waals surface area contributed by atoms with Gasteiger partial charge in [0.15, 0.2) is 0 Å². The highest BCUT2D eigenvalue weighted by Gasteiger charge is 2.19. The molecule has 18 heavy (non-hydrogen) atoms. The summed E-state index contributed by atoms with van der Waals surface area (Å²) in [6.45, 7) is 3.43. The predicted molar refractivity (Wildman–Crippen MR) is 75.8 cm³/mol. The van der Waals surface area contributed by atoms with Crippen LogP contribution in [0.5, 0.6) is 0 Å². The van der Waals surface area contributed by atoms with Gasteiger partial charge in [0.25, 0.3) is 0 Å². The Morgan fingerprint density at radius 1 is 0.889 bits per heavy atom. The van der Waals surface area contributed by atoms with Gasteiger partial charge in [0.2, 0.25) is 0 Å². The highest BCUT2D eigenvalue weighted by atomic mass is 15.0. The standard InChI is InChI=1S/C16H16N2/c1-3-7-15-13(5-1)14-6-2-4-8-16(14)18(15)11-12-9-17-10-12/h1-8,12,17H,9-11H2. The van der Waals surface area contributed by atoms with Gasteiger partial charge in [-0.2, -0.15) is 0 Å². The van der Waals surface area contributed by atoms with E-state index in [-0.39, 0.29) is 0 Å². The fourth-order valence-electron chi connectivity index (χ4n) is 2.94. The van der Waals surface area contributed by atoms with Crippen LogP contribution in [0.15, 0.2) is 48.5 Å². The molecule has 2 nitrogen and oxygen atoms in total.